The minimum atomic E-state index is -0.101. The molecule has 7 atom stereocenters. The Bertz CT molecular complexity index is 636. The van der Waals surface area contributed by atoms with Crippen molar-refractivity contribution in [1.82, 2.24) is 4.90 Å². The summed E-state index contributed by atoms with van der Waals surface area (Å²) in [4.78, 5) is 15.7. The number of carbonyl (C=O) groups excluding carboxylic acids is 1. The van der Waals surface area contributed by atoms with Crippen molar-refractivity contribution in [3.63, 3.8) is 0 Å². The van der Waals surface area contributed by atoms with E-state index >= 15 is 0 Å². The summed E-state index contributed by atoms with van der Waals surface area (Å²) in [5.41, 5.74) is 1.81. The zero-order valence-corrected chi connectivity index (χ0v) is 17.7. The molecular formula is C25H39NO2. The second-order valence-corrected chi connectivity index (χ2v) is 11.0. The largest absolute Gasteiger partial charge is 0.393 e. The van der Waals surface area contributed by atoms with Gasteiger partial charge in [-0.3, -0.25) is 9.69 Å². The van der Waals surface area contributed by atoms with E-state index in [0.29, 0.717) is 18.2 Å². The summed E-state index contributed by atoms with van der Waals surface area (Å²) in [5.74, 6) is 3.94. The normalized spacial score (nSPS) is 46.3. The van der Waals surface area contributed by atoms with E-state index < -0.39 is 0 Å². The molecule has 3 heteroatoms. The summed E-state index contributed by atoms with van der Waals surface area (Å²) < 4.78 is 0. The average Bonchev–Trinajstić information content (AvgIpc) is 3.05. The SMILES string of the molecule is CC12CCC3C4CCC(O)CC4=CCC3C1CCC2C(=O)CN1CCCCC1. The van der Waals surface area contributed by atoms with Gasteiger partial charge in [-0.2, -0.15) is 0 Å². The van der Waals surface area contributed by atoms with E-state index in [4.69, 9.17) is 0 Å². The molecule has 0 spiro atoms. The smallest absolute Gasteiger partial charge is 0.150 e. The minimum Gasteiger partial charge on any atom is -0.393 e. The Morgan fingerprint density at radius 3 is 2.75 bits per heavy atom. The lowest BCUT2D eigenvalue weighted by molar-refractivity contribution is -0.130. The number of likely N-dealkylation sites (tertiary alicyclic amines) is 1. The molecule has 28 heavy (non-hydrogen) atoms. The summed E-state index contributed by atoms with van der Waals surface area (Å²) in [6, 6.07) is 0. The number of carbonyl (C=O) groups is 1. The van der Waals surface area contributed by atoms with Gasteiger partial charge in [0.2, 0.25) is 0 Å². The molecule has 1 heterocycles. The first kappa shape index (κ1) is 19.3. The van der Waals surface area contributed by atoms with E-state index in [1.165, 1.54) is 51.4 Å². The molecule has 4 fully saturated rings. The fourth-order valence-corrected chi connectivity index (χ4v) is 8.23. The van der Waals surface area contributed by atoms with Crippen molar-refractivity contribution in [2.45, 2.75) is 83.7 Å². The third kappa shape index (κ3) is 3.21. The van der Waals surface area contributed by atoms with Gasteiger partial charge in [0, 0.05) is 5.92 Å². The topological polar surface area (TPSA) is 40.5 Å². The molecule has 3 saturated carbocycles. The van der Waals surface area contributed by atoms with Crippen LogP contribution in [0.25, 0.3) is 0 Å². The van der Waals surface area contributed by atoms with Crippen LogP contribution in [0.3, 0.4) is 0 Å². The Morgan fingerprint density at radius 2 is 1.93 bits per heavy atom. The van der Waals surface area contributed by atoms with Gasteiger partial charge in [0.15, 0.2) is 0 Å². The van der Waals surface area contributed by atoms with Crippen LogP contribution in [0.4, 0.5) is 0 Å². The standard InChI is InChI=1S/C25H39NO2/c1-25-12-11-20-19-8-6-18(27)15-17(19)5-7-21(20)22(25)9-10-23(25)24(28)16-26-13-3-2-4-14-26/h5,18-23,27H,2-4,6-16H2,1H3. The summed E-state index contributed by atoms with van der Waals surface area (Å²) >= 11 is 0. The highest BCUT2D eigenvalue weighted by atomic mass is 16.3. The third-order valence-corrected chi connectivity index (χ3v) is 9.64. The van der Waals surface area contributed by atoms with Crippen molar-refractivity contribution in [2.24, 2.45) is 35.0 Å². The van der Waals surface area contributed by atoms with Gasteiger partial charge in [-0.25, -0.2) is 0 Å². The van der Waals surface area contributed by atoms with Crippen molar-refractivity contribution in [1.29, 1.82) is 0 Å². The van der Waals surface area contributed by atoms with Crippen LogP contribution in [-0.4, -0.2) is 41.5 Å². The lowest BCUT2D eigenvalue weighted by Gasteiger charge is -2.53. The second kappa shape index (κ2) is 7.54. The van der Waals surface area contributed by atoms with Crippen LogP contribution < -0.4 is 0 Å². The van der Waals surface area contributed by atoms with Crippen molar-refractivity contribution in [3.05, 3.63) is 11.6 Å². The molecular weight excluding hydrogens is 346 g/mol. The van der Waals surface area contributed by atoms with Crippen LogP contribution in [-0.2, 0) is 4.79 Å². The van der Waals surface area contributed by atoms with Gasteiger partial charge in [-0.05, 0) is 106 Å². The van der Waals surface area contributed by atoms with Crippen molar-refractivity contribution < 1.29 is 9.90 Å². The summed E-state index contributed by atoms with van der Waals surface area (Å²) in [6.07, 6.45) is 15.6. The number of allylic oxidation sites excluding steroid dienone is 1. The summed E-state index contributed by atoms with van der Waals surface area (Å²) in [7, 11) is 0. The number of Topliss-reactive ketones (excluding diaryl/α,β-unsaturated/α-hetero) is 1. The van der Waals surface area contributed by atoms with Gasteiger partial charge in [0.05, 0.1) is 12.6 Å². The molecule has 1 saturated heterocycles. The lowest BCUT2D eigenvalue weighted by atomic mass is 9.51. The zero-order chi connectivity index (χ0) is 19.3. The molecule has 5 rings (SSSR count). The van der Waals surface area contributed by atoms with Gasteiger partial charge in [-0.15, -0.1) is 0 Å². The fourth-order valence-electron chi connectivity index (χ4n) is 8.23. The Hall–Kier alpha value is -0.670. The molecule has 0 aromatic rings. The van der Waals surface area contributed by atoms with E-state index in [0.717, 1.165) is 56.0 Å². The number of hydrogen-bond acceptors (Lipinski definition) is 3. The van der Waals surface area contributed by atoms with E-state index in [1.807, 2.05) is 0 Å². The predicted molar refractivity (Wildman–Crippen MR) is 112 cm³/mol. The number of rotatable bonds is 3. The first-order chi connectivity index (χ1) is 13.6. The van der Waals surface area contributed by atoms with Crippen LogP contribution in [0, 0.1) is 35.0 Å². The molecule has 0 radical (unpaired) electrons. The molecule has 7 unspecified atom stereocenters. The summed E-state index contributed by atoms with van der Waals surface area (Å²) in [6.45, 7) is 5.45. The first-order valence-corrected chi connectivity index (χ1v) is 12.2. The van der Waals surface area contributed by atoms with Crippen molar-refractivity contribution in [3.8, 4) is 0 Å². The predicted octanol–water partition coefficient (Wildman–Crippen LogP) is 4.59. The molecule has 156 valence electrons. The Morgan fingerprint density at radius 1 is 1.11 bits per heavy atom. The quantitative estimate of drug-likeness (QED) is 0.722. The van der Waals surface area contributed by atoms with Gasteiger partial charge < -0.3 is 5.11 Å². The maximum atomic E-state index is 13.3. The molecule has 1 aliphatic heterocycles. The second-order valence-electron chi connectivity index (χ2n) is 11.0. The maximum absolute atomic E-state index is 13.3. The van der Waals surface area contributed by atoms with Crippen LogP contribution in [0.15, 0.2) is 11.6 Å². The number of piperidine rings is 1. The van der Waals surface area contributed by atoms with Crippen LogP contribution >= 0.6 is 0 Å². The highest BCUT2D eigenvalue weighted by Crippen LogP contribution is 2.63. The van der Waals surface area contributed by atoms with E-state index in [9.17, 15) is 9.90 Å². The van der Waals surface area contributed by atoms with Gasteiger partial charge >= 0.3 is 0 Å². The third-order valence-electron chi connectivity index (χ3n) is 9.64. The first-order valence-electron chi connectivity index (χ1n) is 12.2. The summed E-state index contributed by atoms with van der Waals surface area (Å²) in [5, 5.41) is 10.1. The average molecular weight is 386 g/mol. The van der Waals surface area contributed by atoms with Gasteiger partial charge in [-0.1, -0.05) is 25.0 Å². The van der Waals surface area contributed by atoms with E-state index in [2.05, 4.69) is 17.9 Å². The highest BCUT2D eigenvalue weighted by molar-refractivity contribution is 5.84. The van der Waals surface area contributed by atoms with Crippen molar-refractivity contribution in [2.75, 3.05) is 19.6 Å². The lowest BCUT2D eigenvalue weighted by Crippen LogP contribution is -2.48. The van der Waals surface area contributed by atoms with E-state index in [-0.39, 0.29) is 11.5 Å². The molecule has 3 nitrogen and oxygen atoms in total. The minimum absolute atomic E-state index is 0.101. The number of aliphatic hydroxyl groups excluding tert-OH is 1. The van der Waals surface area contributed by atoms with Crippen LogP contribution in [0.1, 0.15) is 77.6 Å². The molecule has 0 amide bonds. The number of hydrogen-bond donors (Lipinski definition) is 1. The monoisotopic (exact) mass is 385 g/mol. The number of aliphatic hydroxyl groups is 1. The molecule has 0 bridgehead atoms. The number of ketones is 1. The molecule has 0 aromatic carbocycles. The number of nitrogens with zero attached hydrogens (tertiary/aromatic N) is 1. The van der Waals surface area contributed by atoms with Gasteiger partial charge in [0.25, 0.3) is 0 Å². The molecule has 0 aromatic heterocycles. The van der Waals surface area contributed by atoms with Crippen molar-refractivity contribution >= 4 is 5.78 Å². The zero-order valence-electron chi connectivity index (χ0n) is 17.7. The van der Waals surface area contributed by atoms with Crippen LogP contribution in [0.2, 0.25) is 0 Å². The number of fused-ring (bicyclic) bond motifs is 5. The van der Waals surface area contributed by atoms with Crippen LogP contribution in [0.5, 0.6) is 0 Å². The fraction of sp³-hybridized carbons (Fsp3) is 0.880. The molecule has 4 aliphatic carbocycles. The Balaban J connectivity index is 1.30. The van der Waals surface area contributed by atoms with E-state index in [1.54, 1.807) is 5.57 Å². The Labute approximate surface area is 170 Å². The molecule has 5 aliphatic rings. The highest BCUT2D eigenvalue weighted by Gasteiger charge is 2.57. The maximum Gasteiger partial charge on any atom is 0.150 e. The molecule has 1 N–H and O–H groups in total. The Kier molecular flexibility index (Phi) is 5.20. The van der Waals surface area contributed by atoms with Gasteiger partial charge in [0.1, 0.15) is 5.78 Å².